The van der Waals surface area contributed by atoms with Gasteiger partial charge in [0.1, 0.15) is 0 Å². The van der Waals surface area contributed by atoms with Crippen molar-refractivity contribution in [3.8, 4) is 0 Å². The van der Waals surface area contributed by atoms with Crippen molar-refractivity contribution in [3.63, 3.8) is 0 Å². The van der Waals surface area contributed by atoms with Gasteiger partial charge in [-0.3, -0.25) is 14.9 Å². The second-order valence-corrected chi connectivity index (χ2v) is 7.61. The van der Waals surface area contributed by atoms with Crippen molar-refractivity contribution in [2.75, 3.05) is 17.2 Å². The molecule has 0 bridgehead atoms. The summed E-state index contributed by atoms with van der Waals surface area (Å²) >= 11 is 1.17. The van der Waals surface area contributed by atoms with Gasteiger partial charge in [-0.1, -0.05) is 18.2 Å². The highest BCUT2D eigenvalue weighted by Gasteiger charge is 2.33. The maximum atomic E-state index is 12.8. The van der Waals surface area contributed by atoms with E-state index in [9.17, 15) is 19.5 Å². The number of anilines is 2. The van der Waals surface area contributed by atoms with Crippen LogP contribution in [0.4, 0.5) is 15.5 Å². The van der Waals surface area contributed by atoms with E-state index in [1.165, 1.54) is 11.3 Å². The molecule has 1 aromatic carbocycles. The van der Waals surface area contributed by atoms with Crippen LogP contribution in [0.15, 0.2) is 42.5 Å². The third-order valence-electron chi connectivity index (χ3n) is 4.58. The molecule has 0 aliphatic carbocycles. The molecule has 1 aliphatic rings. The Morgan fingerprint density at radius 1 is 1.07 bits per heavy atom. The van der Waals surface area contributed by atoms with Crippen LogP contribution in [0, 0.1) is 5.92 Å². The molecule has 2 unspecified atom stereocenters. The number of amides is 3. The molecule has 3 amide bonds. The van der Waals surface area contributed by atoms with Gasteiger partial charge in [-0.15, -0.1) is 11.3 Å². The van der Waals surface area contributed by atoms with E-state index in [2.05, 4.69) is 10.6 Å². The van der Waals surface area contributed by atoms with Crippen LogP contribution in [0.3, 0.4) is 0 Å². The first-order valence-electron chi connectivity index (χ1n) is 8.70. The quantitative estimate of drug-likeness (QED) is 0.745. The molecule has 8 heteroatoms. The number of hydrogen-bond donors (Lipinski definition) is 3. The second-order valence-electron chi connectivity index (χ2n) is 6.53. The predicted molar refractivity (Wildman–Crippen MR) is 104 cm³/mol. The van der Waals surface area contributed by atoms with Crippen molar-refractivity contribution >= 4 is 39.9 Å². The molecule has 7 nitrogen and oxygen atoms in total. The summed E-state index contributed by atoms with van der Waals surface area (Å²) in [6.07, 6.45) is 1.25. The molecule has 0 spiro atoms. The van der Waals surface area contributed by atoms with Crippen LogP contribution >= 0.6 is 11.3 Å². The zero-order valence-electron chi connectivity index (χ0n) is 14.8. The number of nitrogens with zero attached hydrogens (tertiary/aromatic N) is 1. The van der Waals surface area contributed by atoms with Gasteiger partial charge in [0.25, 0.3) is 5.91 Å². The second kappa shape index (κ2) is 8.22. The first-order valence-corrected chi connectivity index (χ1v) is 9.52. The van der Waals surface area contributed by atoms with E-state index in [0.717, 1.165) is 0 Å². The van der Waals surface area contributed by atoms with Crippen molar-refractivity contribution in [3.05, 3.63) is 47.3 Å². The number of hydrogen-bond acceptors (Lipinski definition) is 4. The van der Waals surface area contributed by atoms with E-state index in [0.29, 0.717) is 28.4 Å². The number of urea groups is 1. The molecule has 1 saturated heterocycles. The van der Waals surface area contributed by atoms with Crippen LogP contribution in [-0.2, 0) is 4.79 Å². The Morgan fingerprint density at radius 2 is 1.81 bits per heavy atom. The summed E-state index contributed by atoms with van der Waals surface area (Å²) in [5, 5.41) is 15.2. The summed E-state index contributed by atoms with van der Waals surface area (Å²) in [5.41, 5.74) is 0.671. The highest BCUT2D eigenvalue weighted by atomic mass is 32.1. The van der Waals surface area contributed by atoms with Gasteiger partial charge in [0.15, 0.2) is 0 Å². The number of carboxylic acids is 1. The Balaban J connectivity index is 1.63. The van der Waals surface area contributed by atoms with E-state index < -0.39 is 11.9 Å². The Bertz CT molecular complexity index is 836. The lowest BCUT2D eigenvalue weighted by atomic mass is 9.93. The van der Waals surface area contributed by atoms with Crippen molar-refractivity contribution in [2.45, 2.75) is 25.8 Å². The average Bonchev–Trinajstić information content (AvgIpc) is 3.10. The Labute approximate surface area is 161 Å². The van der Waals surface area contributed by atoms with Gasteiger partial charge in [0.05, 0.1) is 15.8 Å². The number of nitrogens with one attached hydrogen (secondary N) is 2. The summed E-state index contributed by atoms with van der Waals surface area (Å²) < 4.78 is 0. The van der Waals surface area contributed by atoms with E-state index >= 15 is 0 Å². The van der Waals surface area contributed by atoms with Gasteiger partial charge in [-0.2, -0.15) is 0 Å². The molecular weight excluding hydrogens is 366 g/mol. The first kappa shape index (κ1) is 18.9. The van der Waals surface area contributed by atoms with Gasteiger partial charge >= 0.3 is 12.0 Å². The molecule has 2 aromatic rings. The molecule has 2 heterocycles. The molecule has 1 fully saturated rings. The lowest BCUT2D eigenvalue weighted by molar-refractivity contribution is -0.143. The molecule has 0 saturated carbocycles. The summed E-state index contributed by atoms with van der Waals surface area (Å²) in [7, 11) is 0. The van der Waals surface area contributed by atoms with Crippen molar-refractivity contribution < 1.29 is 19.5 Å². The molecular formula is C19H21N3O4S. The lowest BCUT2D eigenvalue weighted by Crippen LogP contribution is -2.47. The number of para-hydroxylation sites is 1. The van der Waals surface area contributed by atoms with Gasteiger partial charge in [-0.05, 0) is 44.0 Å². The Morgan fingerprint density at radius 3 is 2.52 bits per heavy atom. The number of aliphatic carboxylic acids is 1. The molecule has 142 valence electrons. The number of thiophene rings is 1. The van der Waals surface area contributed by atoms with Gasteiger partial charge in [-0.25, -0.2) is 4.79 Å². The maximum absolute atomic E-state index is 12.8. The summed E-state index contributed by atoms with van der Waals surface area (Å²) in [6, 6.07) is 12.0. The smallest absolute Gasteiger partial charge is 0.324 e. The largest absolute Gasteiger partial charge is 0.481 e. The highest BCUT2D eigenvalue weighted by Crippen LogP contribution is 2.28. The fourth-order valence-corrected chi connectivity index (χ4v) is 3.91. The number of likely N-dealkylation sites (tertiary alicyclic amines) is 1. The number of carbonyl (C=O) groups is 3. The topological polar surface area (TPSA) is 98.7 Å². The molecule has 0 radical (unpaired) electrons. The first-order chi connectivity index (χ1) is 12.9. The Hall–Kier alpha value is -2.87. The van der Waals surface area contributed by atoms with Crippen LogP contribution in [0.1, 0.15) is 29.4 Å². The number of rotatable bonds is 4. The number of piperidine rings is 1. The fraction of sp³-hybridized carbons (Fsp3) is 0.316. The van der Waals surface area contributed by atoms with Gasteiger partial charge < -0.3 is 15.3 Å². The molecule has 3 N–H and O–H groups in total. The van der Waals surface area contributed by atoms with E-state index in [4.69, 9.17) is 0 Å². The van der Waals surface area contributed by atoms with Gasteiger partial charge in [0, 0.05) is 18.3 Å². The molecule has 1 aromatic heterocycles. The minimum absolute atomic E-state index is 0.00649. The lowest BCUT2D eigenvalue weighted by Gasteiger charge is -2.36. The molecule has 2 atom stereocenters. The van der Waals surface area contributed by atoms with Crippen LogP contribution in [-0.4, -0.2) is 40.5 Å². The zero-order chi connectivity index (χ0) is 19.4. The average molecular weight is 387 g/mol. The van der Waals surface area contributed by atoms with Gasteiger partial charge in [0.2, 0.25) is 0 Å². The van der Waals surface area contributed by atoms with Crippen molar-refractivity contribution in [1.82, 2.24) is 4.90 Å². The predicted octanol–water partition coefficient (Wildman–Crippen LogP) is 3.72. The van der Waals surface area contributed by atoms with E-state index in [1.54, 1.807) is 29.2 Å². The van der Waals surface area contributed by atoms with Crippen LogP contribution in [0.2, 0.25) is 0 Å². The molecule has 27 heavy (non-hydrogen) atoms. The van der Waals surface area contributed by atoms with Crippen LogP contribution < -0.4 is 10.6 Å². The number of carbonyl (C=O) groups excluding carboxylic acids is 2. The van der Waals surface area contributed by atoms with E-state index in [-0.39, 0.29) is 24.5 Å². The molecule has 3 rings (SSSR count). The highest BCUT2D eigenvalue weighted by molar-refractivity contribution is 7.18. The molecule has 1 aliphatic heterocycles. The number of carboxylic acid groups (broad SMARTS) is 1. The fourth-order valence-electron chi connectivity index (χ4n) is 3.05. The summed E-state index contributed by atoms with van der Waals surface area (Å²) in [6.45, 7) is 2.14. The maximum Gasteiger partial charge on any atom is 0.324 e. The third-order valence-corrected chi connectivity index (χ3v) is 5.57. The number of benzene rings is 1. The summed E-state index contributed by atoms with van der Waals surface area (Å²) in [5.74, 6) is -1.60. The zero-order valence-corrected chi connectivity index (χ0v) is 15.7. The minimum Gasteiger partial charge on any atom is -0.481 e. The van der Waals surface area contributed by atoms with Crippen molar-refractivity contribution in [2.24, 2.45) is 5.92 Å². The van der Waals surface area contributed by atoms with Crippen LogP contribution in [0.5, 0.6) is 0 Å². The minimum atomic E-state index is -0.870. The standard InChI is InChI=1S/C19H21N3O4S/c1-12-7-8-13(18(24)25)11-22(12)17(23)15-9-10-16(27-15)21-19(26)20-14-5-3-2-4-6-14/h2-6,9-10,12-13H,7-8,11H2,1H3,(H,24,25)(H2,20,21,26). The summed E-state index contributed by atoms with van der Waals surface area (Å²) in [4.78, 5) is 38.2. The van der Waals surface area contributed by atoms with Crippen molar-refractivity contribution in [1.29, 1.82) is 0 Å². The third kappa shape index (κ3) is 4.65. The monoisotopic (exact) mass is 387 g/mol. The Kier molecular flexibility index (Phi) is 5.75. The normalized spacial score (nSPS) is 19.4. The van der Waals surface area contributed by atoms with E-state index in [1.807, 2.05) is 25.1 Å². The SMILES string of the molecule is CC1CCC(C(=O)O)CN1C(=O)c1ccc(NC(=O)Nc2ccccc2)s1. The van der Waals surface area contributed by atoms with Crippen LogP contribution in [0.25, 0.3) is 0 Å².